The fourth-order valence-electron chi connectivity index (χ4n) is 1.62. The lowest BCUT2D eigenvalue weighted by molar-refractivity contribution is -0.384. The molecule has 7 nitrogen and oxygen atoms in total. The van der Waals surface area contributed by atoms with Gasteiger partial charge in [-0.15, -0.1) is 0 Å². The van der Waals surface area contributed by atoms with Gasteiger partial charge in [-0.25, -0.2) is 14.0 Å². The van der Waals surface area contributed by atoms with Gasteiger partial charge in [0.25, 0.3) is 13.3 Å². The normalized spacial score (nSPS) is 11.4. The summed E-state index contributed by atoms with van der Waals surface area (Å²) in [4.78, 5) is 9.59. The second-order valence-corrected chi connectivity index (χ2v) is 8.07. The molecule has 0 spiro atoms. The van der Waals surface area contributed by atoms with Gasteiger partial charge in [-0.05, 0) is 42.3 Å². The second-order valence-electron chi connectivity index (χ2n) is 4.65. The molecular weight excluding hydrogens is 279 g/mol. The van der Waals surface area contributed by atoms with Gasteiger partial charge in [0, 0.05) is 12.1 Å². The molecule has 8 heteroatoms. The minimum atomic E-state index is -2.44. The minimum absolute atomic E-state index is 0.137. The average Bonchev–Trinajstić information content (AvgIpc) is 2.38. The number of hydrogen-bond donors (Lipinski definition) is 0. The van der Waals surface area contributed by atoms with Crippen LogP contribution in [0.5, 0.6) is 0 Å². The molecule has 0 aliphatic rings. The van der Waals surface area contributed by atoms with Crippen LogP contribution in [0.15, 0.2) is 30.3 Å². The molecule has 0 atom stereocenters. The van der Waals surface area contributed by atoms with Crippen molar-refractivity contribution in [1.29, 1.82) is 0 Å². The summed E-state index contributed by atoms with van der Waals surface area (Å²) in [5.41, 5.74) is 0.137. The molecule has 0 fully saturated rings. The number of benzene rings is 1. The van der Waals surface area contributed by atoms with Gasteiger partial charge in [0.2, 0.25) is 0 Å². The lowest BCUT2D eigenvalue weighted by atomic mass is 10.3. The maximum absolute atomic E-state index is 12.1. The van der Waals surface area contributed by atoms with E-state index in [0.717, 1.165) is 0 Å². The molecule has 0 heterocycles. The molecular formula is C12H23N4O3P. The fraction of sp³-hybridized carbons (Fsp3) is 0.500. The smallest absolute Gasteiger partial charge is 0.270 e. The van der Waals surface area contributed by atoms with Crippen molar-refractivity contribution in [1.82, 2.24) is 14.0 Å². The highest BCUT2D eigenvalue weighted by molar-refractivity contribution is 7.56. The molecule has 0 aromatic heterocycles. The molecule has 0 bridgehead atoms. The number of hydrogen-bond acceptors (Lipinski definition) is 3. The largest absolute Gasteiger partial charge is 0.285 e. The average molecular weight is 302 g/mol. The maximum Gasteiger partial charge on any atom is 0.285 e. The highest BCUT2D eigenvalue weighted by Crippen LogP contribution is 2.50. The van der Waals surface area contributed by atoms with Gasteiger partial charge in [0.05, 0.1) is 4.92 Å². The van der Waals surface area contributed by atoms with Crippen LogP contribution in [0.1, 0.15) is 0 Å². The molecule has 0 aliphatic carbocycles. The van der Waals surface area contributed by atoms with Gasteiger partial charge in [0.15, 0.2) is 0 Å². The highest BCUT2D eigenvalue weighted by atomic mass is 31.2. The van der Waals surface area contributed by atoms with Crippen molar-refractivity contribution in [3.05, 3.63) is 40.4 Å². The Kier molecular flexibility index (Phi) is 7.60. The van der Waals surface area contributed by atoms with Crippen LogP contribution in [-0.2, 0) is 4.57 Å². The Bertz CT molecular complexity index is 435. The quantitative estimate of drug-likeness (QED) is 0.483. The molecule has 1 aromatic rings. The topological polar surface area (TPSA) is 69.9 Å². The van der Waals surface area contributed by atoms with Crippen molar-refractivity contribution < 1.29 is 9.49 Å². The molecule has 114 valence electrons. The van der Waals surface area contributed by atoms with Gasteiger partial charge in [-0.2, -0.15) is 0 Å². The number of nitrogens with zero attached hydrogens (tertiary/aromatic N) is 4. The van der Waals surface area contributed by atoms with E-state index in [1.807, 2.05) is 42.3 Å². The number of nitro benzene ring substituents is 1. The molecule has 0 radical (unpaired) electrons. The van der Waals surface area contributed by atoms with Gasteiger partial charge in [-0.1, -0.05) is 18.2 Å². The lowest BCUT2D eigenvalue weighted by Gasteiger charge is -2.34. The zero-order valence-corrected chi connectivity index (χ0v) is 13.7. The summed E-state index contributed by atoms with van der Waals surface area (Å²) >= 11 is 0. The van der Waals surface area contributed by atoms with E-state index in [0.29, 0.717) is 0 Å². The highest BCUT2D eigenvalue weighted by Gasteiger charge is 2.30. The summed E-state index contributed by atoms with van der Waals surface area (Å²) < 4.78 is 17.3. The Morgan fingerprint density at radius 2 is 1.25 bits per heavy atom. The second kappa shape index (κ2) is 8.11. The van der Waals surface area contributed by atoms with Crippen LogP contribution in [0.4, 0.5) is 5.69 Å². The summed E-state index contributed by atoms with van der Waals surface area (Å²) in [6, 6.07) is 7.93. The van der Waals surface area contributed by atoms with Gasteiger partial charge >= 0.3 is 0 Å². The Labute approximate surface area is 120 Å². The van der Waals surface area contributed by atoms with Crippen LogP contribution in [0, 0.1) is 10.1 Å². The molecule has 20 heavy (non-hydrogen) atoms. The van der Waals surface area contributed by atoms with Crippen LogP contribution >= 0.6 is 7.59 Å². The Morgan fingerprint density at radius 1 is 0.900 bits per heavy atom. The van der Waals surface area contributed by atoms with Crippen molar-refractivity contribution in [2.24, 2.45) is 0 Å². The number of rotatable bonds is 4. The fourth-order valence-corrected chi connectivity index (χ4v) is 3.77. The molecule has 1 aromatic carbocycles. The first-order valence-electron chi connectivity index (χ1n) is 5.97. The van der Waals surface area contributed by atoms with E-state index in [9.17, 15) is 14.7 Å². The summed E-state index contributed by atoms with van der Waals surface area (Å²) in [6.07, 6.45) is 0. The predicted molar refractivity (Wildman–Crippen MR) is 81.8 cm³/mol. The van der Waals surface area contributed by atoms with Gasteiger partial charge < -0.3 is 0 Å². The lowest BCUT2D eigenvalue weighted by Crippen LogP contribution is -2.30. The zero-order chi connectivity index (χ0) is 15.9. The minimum Gasteiger partial charge on any atom is -0.270 e. The van der Waals surface area contributed by atoms with Crippen molar-refractivity contribution >= 4 is 13.3 Å². The SMILES string of the molecule is CN(C)P(=O)(N(C)C)N(C)C.O=[N+]([O-])c1ccccc1. The molecule has 0 aliphatic heterocycles. The summed E-state index contributed by atoms with van der Waals surface area (Å²) in [6.45, 7) is 0. The van der Waals surface area contributed by atoms with E-state index >= 15 is 0 Å². The standard InChI is InChI=1S/C6H18N3OP.C6H5NO2/c1-7(2)11(10,8(3)4)9(5)6;8-7(9)6-4-2-1-3-5-6/h1-6H3;1-5H. The summed E-state index contributed by atoms with van der Waals surface area (Å²) in [7, 11) is 8.49. The van der Waals surface area contributed by atoms with E-state index in [1.54, 1.807) is 32.2 Å². The first-order chi connectivity index (χ1) is 9.13. The van der Waals surface area contributed by atoms with E-state index < -0.39 is 12.5 Å². The van der Waals surface area contributed by atoms with Crippen molar-refractivity contribution in [3.8, 4) is 0 Å². The van der Waals surface area contributed by atoms with Crippen LogP contribution in [0.25, 0.3) is 0 Å². The third-order valence-corrected chi connectivity index (χ3v) is 5.66. The van der Waals surface area contributed by atoms with Crippen LogP contribution in [0.2, 0.25) is 0 Å². The van der Waals surface area contributed by atoms with Crippen LogP contribution in [0.3, 0.4) is 0 Å². The Morgan fingerprint density at radius 3 is 1.40 bits per heavy atom. The zero-order valence-electron chi connectivity index (χ0n) is 12.8. The van der Waals surface area contributed by atoms with Crippen molar-refractivity contribution in [3.63, 3.8) is 0 Å². The first-order valence-corrected chi connectivity index (χ1v) is 7.53. The van der Waals surface area contributed by atoms with E-state index in [-0.39, 0.29) is 5.69 Å². The van der Waals surface area contributed by atoms with Crippen LogP contribution < -0.4 is 0 Å². The molecule has 1 rings (SSSR count). The van der Waals surface area contributed by atoms with E-state index in [4.69, 9.17) is 0 Å². The maximum atomic E-state index is 12.1. The van der Waals surface area contributed by atoms with E-state index in [2.05, 4.69) is 0 Å². The molecule has 0 unspecified atom stereocenters. The number of nitro groups is 1. The summed E-state index contributed by atoms with van der Waals surface area (Å²) in [5, 5.41) is 10.0. The van der Waals surface area contributed by atoms with Crippen molar-refractivity contribution in [2.45, 2.75) is 0 Å². The Hall–Kier alpha value is -1.27. The molecule has 0 saturated carbocycles. The van der Waals surface area contributed by atoms with Gasteiger partial charge in [0.1, 0.15) is 0 Å². The number of para-hydroxylation sites is 1. The van der Waals surface area contributed by atoms with Crippen molar-refractivity contribution in [2.75, 3.05) is 42.3 Å². The third-order valence-electron chi connectivity index (χ3n) is 2.53. The van der Waals surface area contributed by atoms with Crippen LogP contribution in [-0.4, -0.2) is 61.2 Å². The van der Waals surface area contributed by atoms with E-state index in [1.165, 1.54) is 12.1 Å². The third kappa shape index (κ3) is 5.02. The predicted octanol–water partition coefficient (Wildman–Crippen LogP) is 2.37. The molecule has 0 N–H and O–H groups in total. The Balaban J connectivity index is 0.000000367. The first kappa shape index (κ1) is 18.7. The molecule has 0 amide bonds. The number of non-ortho nitro benzene ring substituents is 1. The summed E-state index contributed by atoms with van der Waals surface area (Å²) in [5.74, 6) is 0. The monoisotopic (exact) mass is 302 g/mol. The van der Waals surface area contributed by atoms with Gasteiger partial charge in [-0.3, -0.25) is 14.7 Å². The molecule has 0 saturated heterocycles.